The second-order valence-electron chi connectivity index (χ2n) is 4.06. The lowest BCUT2D eigenvalue weighted by Gasteiger charge is -2.19. The molecular formula is C10H10ClFN2O5. The van der Waals surface area contributed by atoms with Crippen molar-refractivity contribution in [3.63, 3.8) is 0 Å². The molecule has 9 heteroatoms. The molecule has 0 bridgehead atoms. The molecule has 1 aromatic heterocycles. The molecule has 1 aliphatic rings. The standard InChI is InChI=1S/C10H10ClFN2O5/c11-4-1-14(10(19)13-9(4)18)6-5(12)3(2-15)7(16)8(6)17/h1,6-8,15-17H,2H2,(H,13,18,19). The first-order valence-electron chi connectivity index (χ1n) is 5.25. The lowest BCUT2D eigenvalue weighted by atomic mass is 10.1. The van der Waals surface area contributed by atoms with Crippen molar-refractivity contribution < 1.29 is 19.7 Å². The summed E-state index contributed by atoms with van der Waals surface area (Å²) >= 11 is 5.53. The van der Waals surface area contributed by atoms with Gasteiger partial charge in [-0.25, -0.2) is 9.18 Å². The first kappa shape index (κ1) is 13.9. The maximum Gasteiger partial charge on any atom is 0.329 e. The van der Waals surface area contributed by atoms with Crippen molar-refractivity contribution >= 4 is 11.6 Å². The number of hydrogen-bond acceptors (Lipinski definition) is 5. The Kier molecular flexibility index (Phi) is 3.59. The molecule has 0 amide bonds. The Labute approximate surface area is 110 Å². The van der Waals surface area contributed by atoms with E-state index in [0.717, 1.165) is 6.20 Å². The molecule has 2 rings (SSSR count). The van der Waals surface area contributed by atoms with E-state index in [9.17, 15) is 24.2 Å². The zero-order valence-corrected chi connectivity index (χ0v) is 10.1. The zero-order valence-electron chi connectivity index (χ0n) is 9.38. The molecular weight excluding hydrogens is 283 g/mol. The summed E-state index contributed by atoms with van der Waals surface area (Å²) in [4.78, 5) is 24.5. The van der Waals surface area contributed by atoms with E-state index in [2.05, 4.69) is 0 Å². The monoisotopic (exact) mass is 292 g/mol. The van der Waals surface area contributed by atoms with Crippen molar-refractivity contribution in [2.24, 2.45) is 0 Å². The smallest absolute Gasteiger partial charge is 0.329 e. The molecule has 3 unspecified atom stereocenters. The van der Waals surface area contributed by atoms with Crippen LogP contribution in [-0.4, -0.2) is 43.7 Å². The highest BCUT2D eigenvalue weighted by atomic mass is 35.5. The van der Waals surface area contributed by atoms with Crippen LogP contribution >= 0.6 is 11.6 Å². The van der Waals surface area contributed by atoms with Crippen LogP contribution in [0.15, 0.2) is 27.2 Å². The number of aromatic amines is 1. The topological polar surface area (TPSA) is 116 Å². The van der Waals surface area contributed by atoms with Crippen LogP contribution < -0.4 is 11.2 Å². The quantitative estimate of drug-likeness (QED) is 0.540. The minimum atomic E-state index is -1.66. The van der Waals surface area contributed by atoms with Gasteiger partial charge in [0.1, 0.15) is 29.1 Å². The third-order valence-corrected chi connectivity index (χ3v) is 3.23. The van der Waals surface area contributed by atoms with E-state index in [1.807, 2.05) is 4.98 Å². The Morgan fingerprint density at radius 1 is 1.42 bits per heavy atom. The maximum atomic E-state index is 14.0. The summed E-state index contributed by atoms with van der Waals surface area (Å²) in [7, 11) is 0. The van der Waals surface area contributed by atoms with Crippen LogP contribution in [0.4, 0.5) is 4.39 Å². The number of nitrogens with zero attached hydrogens (tertiary/aromatic N) is 1. The van der Waals surface area contributed by atoms with Crippen LogP contribution in [0.5, 0.6) is 0 Å². The molecule has 1 aromatic rings. The Morgan fingerprint density at radius 2 is 2.05 bits per heavy atom. The molecule has 1 heterocycles. The molecule has 104 valence electrons. The first-order chi connectivity index (χ1) is 8.88. The highest BCUT2D eigenvalue weighted by Crippen LogP contribution is 2.36. The molecule has 0 saturated heterocycles. The van der Waals surface area contributed by atoms with Gasteiger partial charge in [-0.2, -0.15) is 0 Å². The van der Waals surface area contributed by atoms with Crippen LogP contribution in [0.1, 0.15) is 6.04 Å². The number of H-pyrrole nitrogens is 1. The lowest BCUT2D eigenvalue weighted by Crippen LogP contribution is -2.38. The average Bonchev–Trinajstić information content (AvgIpc) is 2.56. The van der Waals surface area contributed by atoms with Gasteiger partial charge in [-0.15, -0.1) is 0 Å². The molecule has 0 saturated carbocycles. The summed E-state index contributed by atoms with van der Waals surface area (Å²) in [6.07, 6.45) is -2.43. The van der Waals surface area contributed by atoms with Gasteiger partial charge in [-0.05, 0) is 0 Å². The van der Waals surface area contributed by atoms with E-state index in [1.165, 1.54) is 0 Å². The molecule has 19 heavy (non-hydrogen) atoms. The van der Waals surface area contributed by atoms with Crippen molar-refractivity contribution in [1.29, 1.82) is 0 Å². The molecule has 0 radical (unpaired) electrons. The number of halogens is 2. The highest BCUT2D eigenvalue weighted by Gasteiger charge is 2.43. The van der Waals surface area contributed by atoms with Crippen LogP contribution in [0.25, 0.3) is 0 Å². The number of nitrogens with one attached hydrogen (secondary N) is 1. The summed E-state index contributed by atoms with van der Waals surface area (Å²) in [5, 5.41) is 27.8. The van der Waals surface area contributed by atoms with Gasteiger partial charge in [0.2, 0.25) is 0 Å². The Morgan fingerprint density at radius 3 is 2.58 bits per heavy atom. The number of hydrogen-bond donors (Lipinski definition) is 4. The minimum absolute atomic E-state index is 0.369. The van der Waals surface area contributed by atoms with E-state index in [0.29, 0.717) is 4.57 Å². The Hall–Kier alpha value is -1.48. The lowest BCUT2D eigenvalue weighted by molar-refractivity contribution is 0.0244. The summed E-state index contributed by atoms with van der Waals surface area (Å²) in [6, 6.07) is -1.54. The average molecular weight is 293 g/mol. The normalized spacial score (nSPS) is 27.1. The molecule has 0 aromatic carbocycles. The summed E-state index contributed by atoms with van der Waals surface area (Å²) < 4.78 is 14.6. The second kappa shape index (κ2) is 4.89. The largest absolute Gasteiger partial charge is 0.392 e. The molecule has 0 aliphatic heterocycles. The van der Waals surface area contributed by atoms with E-state index in [4.69, 9.17) is 16.7 Å². The van der Waals surface area contributed by atoms with Crippen LogP contribution in [0, 0.1) is 0 Å². The SMILES string of the molecule is O=c1[nH]c(=O)n(C2C(F)=C(CO)C(O)C2O)cc1Cl. The summed E-state index contributed by atoms with van der Waals surface area (Å²) in [5.41, 5.74) is -2.24. The van der Waals surface area contributed by atoms with Crippen molar-refractivity contribution in [2.75, 3.05) is 6.61 Å². The van der Waals surface area contributed by atoms with Crippen LogP contribution in [-0.2, 0) is 0 Å². The van der Waals surface area contributed by atoms with E-state index in [1.54, 1.807) is 0 Å². The van der Waals surface area contributed by atoms with E-state index >= 15 is 0 Å². The minimum Gasteiger partial charge on any atom is -0.392 e. The third-order valence-electron chi connectivity index (χ3n) is 2.96. The van der Waals surface area contributed by atoms with Crippen LogP contribution in [0.2, 0.25) is 5.02 Å². The third kappa shape index (κ3) is 2.12. The predicted molar refractivity (Wildman–Crippen MR) is 62.6 cm³/mol. The van der Waals surface area contributed by atoms with Gasteiger partial charge in [0, 0.05) is 11.8 Å². The Bertz CT molecular complexity index is 652. The van der Waals surface area contributed by atoms with Gasteiger partial charge in [0.15, 0.2) is 0 Å². The summed E-state index contributed by atoms with van der Waals surface area (Å²) in [6.45, 7) is -0.799. The fourth-order valence-electron chi connectivity index (χ4n) is 1.98. The zero-order chi connectivity index (χ0) is 14.3. The fraction of sp³-hybridized carbons (Fsp3) is 0.400. The molecule has 7 nitrogen and oxygen atoms in total. The number of aliphatic hydroxyl groups excluding tert-OH is 3. The predicted octanol–water partition coefficient (Wildman–Crippen LogP) is -1.32. The van der Waals surface area contributed by atoms with Gasteiger partial charge in [-0.1, -0.05) is 11.6 Å². The number of aromatic nitrogens is 2. The van der Waals surface area contributed by atoms with Crippen molar-refractivity contribution in [2.45, 2.75) is 18.2 Å². The van der Waals surface area contributed by atoms with Crippen LogP contribution in [0.3, 0.4) is 0 Å². The van der Waals surface area contributed by atoms with Crippen molar-refractivity contribution in [1.82, 2.24) is 9.55 Å². The number of aliphatic hydroxyl groups is 3. The second-order valence-corrected chi connectivity index (χ2v) is 4.46. The molecule has 0 fully saturated rings. The van der Waals surface area contributed by atoms with Gasteiger partial charge in [0.05, 0.1) is 6.61 Å². The molecule has 3 atom stereocenters. The Balaban J connectivity index is 2.60. The van der Waals surface area contributed by atoms with Crippen molar-refractivity contribution in [3.8, 4) is 0 Å². The van der Waals surface area contributed by atoms with Gasteiger partial charge in [0.25, 0.3) is 5.56 Å². The maximum absolute atomic E-state index is 14.0. The van der Waals surface area contributed by atoms with Gasteiger partial charge >= 0.3 is 5.69 Å². The molecule has 0 spiro atoms. The summed E-state index contributed by atoms with van der Waals surface area (Å²) in [5.74, 6) is -1.03. The van der Waals surface area contributed by atoms with E-state index < -0.39 is 47.5 Å². The number of rotatable bonds is 2. The van der Waals surface area contributed by atoms with Gasteiger partial charge in [-0.3, -0.25) is 14.3 Å². The fourth-order valence-corrected chi connectivity index (χ4v) is 2.14. The first-order valence-corrected chi connectivity index (χ1v) is 5.62. The van der Waals surface area contributed by atoms with Gasteiger partial charge < -0.3 is 15.3 Å². The van der Waals surface area contributed by atoms with Crippen molar-refractivity contribution in [3.05, 3.63) is 43.5 Å². The highest BCUT2D eigenvalue weighted by molar-refractivity contribution is 6.30. The molecule has 1 aliphatic carbocycles. The molecule has 4 N–H and O–H groups in total. The van der Waals surface area contributed by atoms with E-state index in [-0.39, 0.29) is 5.02 Å².